The van der Waals surface area contributed by atoms with Gasteiger partial charge in [-0.15, -0.1) is 0 Å². The van der Waals surface area contributed by atoms with E-state index in [9.17, 15) is 9.59 Å². The smallest absolute Gasteiger partial charge is 0.319 e. The van der Waals surface area contributed by atoms with Gasteiger partial charge in [-0.25, -0.2) is 4.79 Å². The monoisotopic (exact) mass is 265 g/mol. The largest absolute Gasteiger partial charge is 0.481 e. The molecule has 19 heavy (non-hydrogen) atoms. The number of aryl methyl sites for hydroxylation is 1. The zero-order chi connectivity index (χ0) is 14.5. The average molecular weight is 265 g/mol. The summed E-state index contributed by atoms with van der Waals surface area (Å²) in [5, 5.41) is 14.2. The van der Waals surface area contributed by atoms with E-state index < -0.39 is 17.4 Å². The van der Waals surface area contributed by atoms with Gasteiger partial charge in [-0.3, -0.25) is 9.78 Å². The van der Waals surface area contributed by atoms with Gasteiger partial charge in [0.05, 0.1) is 17.3 Å². The van der Waals surface area contributed by atoms with E-state index in [4.69, 9.17) is 5.11 Å². The van der Waals surface area contributed by atoms with Crippen molar-refractivity contribution in [3.63, 3.8) is 0 Å². The van der Waals surface area contributed by atoms with Crippen LogP contribution in [0, 0.1) is 12.3 Å². The summed E-state index contributed by atoms with van der Waals surface area (Å²) in [4.78, 5) is 26.8. The molecule has 0 aliphatic heterocycles. The molecule has 104 valence electrons. The van der Waals surface area contributed by atoms with Gasteiger partial charge in [0.15, 0.2) is 0 Å². The highest BCUT2D eigenvalue weighted by atomic mass is 16.4. The van der Waals surface area contributed by atoms with Crippen LogP contribution in [0.25, 0.3) is 0 Å². The minimum Gasteiger partial charge on any atom is -0.481 e. The fourth-order valence-electron chi connectivity index (χ4n) is 1.34. The van der Waals surface area contributed by atoms with Gasteiger partial charge in [-0.1, -0.05) is 6.92 Å². The first-order valence-corrected chi connectivity index (χ1v) is 6.08. The topological polar surface area (TPSA) is 91.3 Å². The molecule has 1 aromatic rings. The third-order valence-electron chi connectivity index (χ3n) is 3.10. The molecule has 1 aromatic heterocycles. The lowest BCUT2D eigenvalue weighted by Gasteiger charge is -2.23. The molecule has 1 unspecified atom stereocenters. The summed E-state index contributed by atoms with van der Waals surface area (Å²) in [6.45, 7) is 5.30. The average Bonchev–Trinajstić information content (AvgIpc) is 2.38. The predicted molar refractivity (Wildman–Crippen MR) is 72.0 cm³/mol. The summed E-state index contributed by atoms with van der Waals surface area (Å²) in [5.74, 6) is -0.924. The molecule has 0 aromatic carbocycles. The minimum absolute atomic E-state index is 0.0734. The molecule has 6 nitrogen and oxygen atoms in total. The van der Waals surface area contributed by atoms with Crippen molar-refractivity contribution in [2.45, 2.75) is 27.2 Å². The van der Waals surface area contributed by atoms with Crippen LogP contribution in [0.15, 0.2) is 18.3 Å². The second-order valence-electron chi connectivity index (χ2n) is 4.72. The Morgan fingerprint density at radius 1 is 1.42 bits per heavy atom. The summed E-state index contributed by atoms with van der Waals surface area (Å²) in [5.41, 5.74) is 0.468. The number of nitrogens with zero attached hydrogens (tertiary/aromatic N) is 1. The lowest BCUT2D eigenvalue weighted by atomic mass is 9.88. The Bertz CT molecular complexity index is 459. The molecule has 0 aliphatic carbocycles. The van der Waals surface area contributed by atoms with Gasteiger partial charge in [0.2, 0.25) is 0 Å². The van der Waals surface area contributed by atoms with E-state index >= 15 is 0 Å². The van der Waals surface area contributed by atoms with Crippen molar-refractivity contribution in [2.75, 3.05) is 11.9 Å². The molecule has 0 fully saturated rings. The van der Waals surface area contributed by atoms with Gasteiger partial charge in [0.25, 0.3) is 0 Å². The van der Waals surface area contributed by atoms with Crippen molar-refractivity contribution in [3.8, 4) is 0 Å². The zero-order valence-corrected chi connectivity index (χ0v) is 11.4. The molecule has 0 radical (unpaired) electrons. The molecule has 0 bridgehead atoms. The number of amides is 2. The number of nitrogens with one attached hydrogen (secondary N) is 2. The summed E-state index contributed by atoms with van der Waals surface area (Å²) in [7, 11) is 0. The Morgan fingerprint density at radius 3 is 2.58 bits per heavy atom. The third-order valence-corrected chi connectivity index (χ3v) is 3.10. The number of hydrogen-bond acceptors (Lipinski definition) is 3. The van der Waals surface area contributed by atoms with E-state index in [0.29, 0.717) is 12.1 Å². The van der Waals surface area contributed by atoms with Crippen LogP contribution in [0.2, 0.25) is 0 Å². The van der Waals surface area contributed by atoms with E-state index in [-0.39, 0.29) is 6.54 Å². The van der Waals surface area contributed by atoms with Gasteiger partial charge in [-0.05, 0) is 32.4 Å². The molecule has 0 saturated carbocycles. The Balaban J connectivity index is 2.52. The van der Waals surface area contributed by atoms with Gasteiger partial charge in [0, 0.05) is 12.2 Å². The van der Waals surface area contributed by atoms with Gasteiger partial charge >= 0.3 is 12.0 Å². The molecule has 1 rings (SSSR count). The van der Waals surface area contributed by atoms with Crippen LogP contribution in [0.3, 0.4) is 0 Å². The van der Waals surface area contributed by atoms with E-state index in [2.05, 4.69) is 15.6 Å². The molecular formula is C13H19N3O3. The standard InChI is InChI=1S/C13H19N3O3/c1-4-13(3,11(17)18)8-15-12(19)16-10-6-5-9(2)14-7-10/h5-7H,4,8H2,1-3H3,(H,17,18)(H2,15,16,19). The van der Waals surface area contributed by atoms with E-state index in [1.54, 1.807) is 32.2 Å². The molecule has 0 saturated heterocycles. The Labute approximate surface area is 112 Å². The lowest BCUT2D eigenvalue weighted by Crippen LogP contribution is -2.42. The van der Waals surface area contributed by atoms with Crippen molar-refractivity contribution in [1.29, 1.82) is 0 Å². The van der Waals surface area contributed by atoms with Gasteiger partial charge in [0.1, 0.15) is 0 Å². The van der Waals surface area contributed by atoms with Crippen LogP contribution >= 0.6 is 0 Å². The van der Waals surface area contributed by atoms with E-state index in [1.165, 1.54) is 0 Å². The Morgan fingerprint density at radius 2 is 2.11 bits per heavy atom. The first-order chi connectivity index (χ1) is 8.87. The van der Waals surface area contributed by atoms with Crippen LogP contribution in [-0.2, 0) is 4.79 Å². The first-order valence-electron chi connectivity index (χ1n) is 6.08. The number of anilines is 1. The highest BCUT2D eigenvalue weighted by Gasteiger charge is 2.31. The molecule has 1 heterocycles. The maximum Gasteiger partial charge on any atom is 0.319 e. The van der Waals surface area contributed by atoms with Crippen LogP contribution < -0.4 is 10.6 Å². The molecule has 0 aliphatic rings. The molecular weight excluding hydrogens is 246 g/mol. The third kappa shape index (κ3) is 4.24. The number of aliphatic carboxylic acids is 1. The molecule has 2 amide bonds. The fraction of sp³-hybridized carbons (Fsp3) is 0.462. The van der Waals surface area contributed by atoms with Crippen molar-refractivity contribution in [1.82, 2.24) is 10.3 Å². The molecule has 1 atom stereocenters. The summed E-state index contributed by atoms with van der Waals surface area (Å²) >= 11 is 0. The lowest BCUT2D eigenvalue weighted by molar-refractivity contribution is -0.147. The quantitative estimate of drug-likeness (QED) is 0.759. The van der Waals surface area contributed by atoms with Crippen molar-refractivity contribution >= 4 is 17.7 Å². The van der Waals surface area contributed by atoms with Crippen LogP contribution in [0.1, 0.15) is 26.0 Å². The Hall–Kier alpha value is -2.11. The number of pyridine rings is 1. The number of carboxylic acid groups (broad SMARTS) is 1. The van der Waals surface area contributed by atoms with E-state index in [1.807, 2.05) is 6.92 Å². The number of carbonyl (C=O) groups is 2. The predicted octanol–water partition coefficient (Wildman–Crippen LogP) is 2.01. The summed E-state index contributed by atoms with van der Waals surface area (Å²) in [6, 6.07) is 3.08. The number of aromatic nitrogens is 1. The summed E-state index contributed by atoms with van der Waals surface area (Å²) < 4.78 is 0. The second-order valence-corrected chi connectivity index (χ2v) is 4.72. The Kier molecular flexibility index (Phi) is 4.86. The first kappa shape index (κ1) is 14.9. The summed E-state index contributed by atoms with van der Waals surface area (Å²) in [6.07, 6.45) is 1.99. The van der Waals surface area contributed by atoms with Gasteiger partial charge in [-0.2, -0.15) is 0 Å². The highest BCUT2D eigenvalue weighted by molar-refractivity contribution is 5.89. The second kappa shape index (κ2) is 6.17. The number of hydrogen-bond donors (Lipinski definition) is 3. The number of urea groups is 1. The SMILES string of the molecule is CCC(C)(CNC(=O)Nc1ccc(C)nc1)C(=O)O. The maximum atomic E-state index is 11.6. The van der Waals surface area contributed by atoms with E-state index in [0.717, 1.165) is 5.69 Å². The highest BCUT2D eigenvalue weighted by Crippen LogP contribution is 2.19. The van der Waals surface area contributed by atoms with Crippen molar-refractivity contribution < 1.29 is 14.7 Å². The van der Waals surface area contributed by atoms with Crippen molar-refractivity contribution in [2.24, 2.45) is 5.41 Å². The van der Waals surface area contributed by atoms with Crippen LogP contribution in [-0.4, -0.2) is 28.6 Å². The molecule has 3 N–H and O–H groups in total. The van der Waals surface area contributed by atoms with Crippen LogP contribution in [0.4, 0.5) is 10.5 Å². The minimum atomic E-state index is -0.955. The molecule has 0 spiro atoms. The molecule has 6 heteroatoms. The number of rotatable bonds is 5. The maximum absolute atomic E-state index is 11.6. The zero-order valence-electron chi connectivity index (χ0n) is 11.4. The fourth-order valence-corrected chi connectivity index (χ4v) is 1.34. The normalized spacial score (nSPS) is 13.4. The van der Waals surface area contributed by atoms with Crippen molar-refractivity contribution in [3.05, 3.63) is 24.0 Å². The van der Waals surface area contributed by atoms with Gasteiger partial charge < -0.3 is 15.7 Å². The van der Waals surface area contributed by atoms with Crippen LogP contribution in [0.5, 0.6) is 0 Å². The number of carboxylic acids is 1. The number of carbonyl (C=O) groups excluding carboxylic acids is 1.